The SMILES string of the molecule is Cc1nn(C)c(NC(C)CN2CCCCC2)c1N. The first kappa shape index (κ1) is 13.2. The number of nitrogens with zero attached hydrogens (tertiary/aromatic N) is 3. The number of rotatable bonds is 4. The maximum absolute atomic E-state index is 6.03. The van der Waals surface area contributed by atoms with Gasteiger partial charge in [0.15, 0.2) is 0 Å². The summed E-state index contributed by atoms with van der Waals surface area (Å²) in [5.74, 6) is 0.942. The third-order valence-electron chi connectivity index (χ3n) is 3.63. The Kier molecular flexibility index (Phi) is 4.11. The summed E-state index contributed by atoms with van der Waals surface area (Å²) in [6, 6.07) is 0.389. The third-order valence-corrected chi connectivity index (χ3v) is 3.63. The Bertz CT molecular complexity index is 392. The molecule has 0 saturated carbocycles. The molecule has 2 heterocycles. The molecule has 1 saturated heterocycles. The van der Waals surface area contributed by atoms with Crippen molar-refractivity contribution in [2.45, 2.75) is 39.2 Å². The standard InChI is InChI=1S/C13H25N5/c1-10(9-18-7-5-4-6-8-18)15-13-12(14)11(2)16-17(13)3/h10,15H,4-9,14H2,1-3H3. The second kappa shape index (κ2) is 5.61. The van der Waals surface area contributed by atoms with Crippen LogP contribution in [0, 0.1) is 6.92 Å². The monoisotopic (exact) mass is 251 g/mol. The Labute approximate surface area is 109 Å². The van der Waals surface area contributed by atoms with E-state index in [0.717, 1.165) is 23.7 Å². The van der Waals surface area contributed by atoms with Gasteiger partial charge in [-0.1, -0.05) is 6.42 Å². The molecule has 5 heteroatoms. The number of aryl methyl sites for hydroxylation is 2. The molecule has 0 aliphatic carbocycles. The summed E-state index contributed by atoms with van der Waals surface area (Å²) in [5.41, 5.74) is 7.69. The number of nitrogen functional groups attached to an aromatic ring is 1. The first-order valence-corrected chi connectivity index (χ1v) is 6.86. The fourth-order valence-corrected chi connectivity index (χ4v) is 2.65. The van der Waals surface area contributed by atoms with Crippen LogP contribution in [-0.4, -0.2) is 40.4 Å². The molecule has 1 atom stereocenters. The summed E-state index contributed by atoms with van der Waals surface area (Å²) in [6.45, 7) is 7.67. The highest BCUT2D eigenvalue weighted by atomic mass is 15.3. The summed E-state index contributed by atoms with van der Waals surface area (Å²) >= 11 is 0. The minimum atomic E-state index is 0.389. The Morgan fingerprint density at radius 1 is 1.33 bits per heavy atom. The Morgan fingerprint density at radius 3 is 2.56 bits per heavy atom. The molecule has 102 valence electrons. The van der Waals surface area contributed by atoms with E-state index in [-0.39, 0.29) is 0 Å². The van der Waals surface area contributed by atoms with Crippen molar-refractivity contribution < 1.29 is 0 Å². The summed E-state index contributed by atoms with van der Waals surface area (Å²) in [5, 5.41) is 7.81. The lowest BCUT2D eigenvalue weighted by atomic mass is 10.1. The van der Waals surface area contributed by atoms with Gasteiger partial charge in [-0.05, 0) is 39.8 Å². The predicted molar refractivity (Wildman–Crippen MR) is 75.7 cm³/mol. The van der Waals surface area contributed by atoms with Crippen molar-refractivity contribution >= 4 is 11.5 Å². The molecule has 1 aliphatic rings. The van der Waals surface area contributed by atoms with Crippen LogP contribution in [0.2, 0.25) is 0 Å². The second-order valence-corrected chi connectivity index (χ2v) is 5.38. The fourth-order valence-electron chi connectivity index (χ4n) is 2.65. The van der Waals surface area contributed by atoms with Gasteiger partial charge in [0.25, 0.3) is 0 Å². The van der Waals surface area contributed by atoms with Gasteiger partial charge in [-0.25, -0.2) is 0 Å². The van der Waals surface area contributed by atoms with Gasteiger partial charge >= 0.3 is 0 Å². The molecule has 1 aromatic heterocycles. The largest absolute Gasteiger partial charge is 0.394 e. The Hall–Kier alpha value is -1.23. The molecule has 0 spiro atoms. The molecule has 3 N–H and O–H groups in total. The van der Waals surface area contributed by atoms with E-state index in [2.05, 4.69) is 22.2 Å². The molecule has 1 fully saturated rings. The lowest BCUT2D eigenvalue weighted by Crippen LogP contribution is -2.38. The molecule has 1 aliphatic heterocycles. The van der Waals surface area contributed by atoms with Crippen LogP contribution >= 0.6 is 0 Å². The van der Waals surface area contributed by atoms with Crippen LogP contribution in [0.1, 0.15) is 31.9 Å². The normalized spacial score (nSPS) is 18.8. The van der Waals surface area contributed by atoms with Gasteiger partial charge in [0.05, 0.1) is 11.4 Å². The highest BCUT2D eigenvalue weighted by molar-refractivity contribution is 5.64. The number of aromatic nitrogens is 2. The Morgan fingerprint density at radius 2 is 2.00 bits per heavy atom. The molecule has 18 heavy (non-hydrogen) atoms. The number of likely N-dealkylation sites (tertiary alicyclic amines) is 1. The molecule has 0 radical (unpaired) electrons. The first-order valence-electron chi connectivity index (χ1n) is 6.86. The number of nitrogens with two attached hydrogens (primary N) is 1. The van der Waals surface area contributed by atoms with E-state index in [1.807, 2.05) is 18.7 Å². The van der Waals surface area contributed by atoms with E-state index in [1.165, 1.54) is 32.4 Å². The predicted octanol–water partition coefficient (Wildman–Crippen LogP) is 1.60. The number of piperidine rings is 1. The van der Waals surface area contributed by atoms with E-state index in [1.54, 1.807) is 0 Å². The van der Waals surface area contributed by atoms with Crippen LogP contribution < -0.4 is 11.1 Å². The number of hydrogen-bond donors (Lipinski definition) is 2. The van der Waals surface area contributed by atoms with Gasteiger partial charge in [-0.3, -0.25) is 4.68 Å². The topological polar surface area (TPSA) is 59.1 Å². The summed E-state index contributed by atoms with van der Waals surface area (Å²) in [6.07, 6.45) is 4.05. The molecule has 1 aromatic rings. The molecule has 0 amide bonds. The number of anilines is 2. The summed E-state index contributed by atoms with van der Waals surface area (Å²) < 4.78 is 1.83. The van der Waals surface area contributed by atoms with Gasteiger partial charge in [0.1, 0.15) is 5.82 Å². The van der Waals surface area contributed by atoms with E-state index in [9.17, 15) is 0 Å². The van der Waals surface area contributed by atoms with Crippen molar-refractivity contribution in [1.82, 2.24) is 14.7 Å². The molecular formula is C13H25N5. The second-order valence-electron chi connectivity index (χ2n) is 5.38. The van der Waals surface area contributed by atoms with Gasteiger partial charge in [0, 0.05) is 19.6 Å². The van der Waals surface area contributed by atoms with Crippen molar-refractivity contribution in [1.29, 1.82) is 0 Å². The minimum absolute atomic E-state index is 0.389. The zero-order valence-electron chi connectivity index (χ0n) is 11.7. The molecule has 5 nitrogen and oxygen atoms in total. The number of hydrogen-bond acceptors (Lipinski definition) is 4. The van der Waals surface area contributed by atoms with E-state index < -0.39 is 0 Å². The average Bonchev–Trinajstić information content (AvgIpc) is 2.57. The van der Waals surface area contributed by atoms with Gasteiger partial charge in [-0.15, -0.1) is 0 Å². The first-order chi connectivity index (χ1) is 8.58. The van der Waals surface area contributed by atoms with Crippen molar-refractivity contribution in [2.24, 2.45) is 7.05 Å². The Balaban J connectivity index is 1.91. The molecule has 2 rings (SSSR count). The highest BCUT2D eigenvalue weighted by Crippen LogP contribution is 2.22. The van der Waals surface area contributed by atoms with E-state index in [0.29, 0.717) is 6.04 Å². The van der Waals surface area contributed by atoms with E-state index >= 15 is 0 Å². The zero-order valence-corrected chi connectivity index (χ0v) is 11.7. The smallest absolute Gasteiger partial charge is 0.148 e. The van der Waals surface area contributed by atoms with Crippen molar-refractivity contribution in [2.75, 3.05) is 30.7 Å². The summed E-state index contributed by atoms with van der Waals surface area (Å²) in [4.78, 5) is 2.53. The fraction of sp³-hybridized carbons (Fsp3) is 0.769. The van der Waals surface area contributed by atoms with Crippen molar-refractivity contribution in [3.8, 4) is 0 Å². The minimum Gasteiger partial charge on any atom is -0.394 e. The van der Waals surface area contributed by atoms with Crippen LogP contribution in [0.3, 0.4) is 0 Å². The van der Waals surface area contributed by atoms with Gasteiger partial charge in [0.2, 0.25) is 0 Å². The van der Waals surface area contributed by atoms with Crippen LogP contribution in [0.25, 0.3) is 0 Å². The quantitative estimate of drug-likeness (QED) is 0.853. The van der Waals surface area contributed by atoms with Gasteiger partial charge in [-0.2, -0.15) is 5.10 Å². The van der Waals surface area contributed by atoms with Crippen LogP contribution in [0.5, 0.6) is 0 Å². The molecule has 0 bridgehead atoms. The van der Waals surface area contributed by atoms with E-state index in [4.69, 9.17) is 5.73 Å². The third kappa shape index (κ3) is 2.96. The molecular weight excluding hydrogens is 226 g/mol. The lowest BCUT2D eigenvalue weighted by molar-refractivity contribution is 0.223. The molecule has 1 unspecified atom stereocenters. The molecule has 0 aromatic carbocycles. The van der Waals surface area contributed by atoms with Crippen molar-refractivity contribution in [3.05, 3.63) is 5.69 Å². The number of nitrogens with one attached hydrogen (secondary N) is 1. The average molecular weight is 251 g/mol. The highest BCUT2D eigenvalue weighted by Gasteiger charge is 2.16. The maximum atomic E-state index is 6.03. The summed E-state index contributed by atoms with van der Waals surface area (Å²) in [7, 11) is 1.93. The van der Waals surface area contributed by atoms with Crippen LogP contribution in [0.15, 0.2) is 0 Å². The lowest BCUT2D eigenvalue weighted by Gasteiger charge is -2.29. The van der Waals surface area contributed by atoms with Gasteiger partial charge < -0.3 is 16.0 Å². The zero-order chi connectivity index (χ0) is 13.1. The van der Waals surface area contributed by atoms with Crippen LogP contribution in [-0.2, 0) is 7.05 Å². The maximum Gasteiger partial charge on any atom is 0.148 e. The van der Waals surface area contributed by atoms with Crippen LogP contribution in [0.4, 0.5) is 11.5 Å². The van der Waals surface area contributed by atoms with Crippen molar-refractivity contribution in [3.63, 3.8) is 0 Å².